The second-order valence-corrected chi connectivity index (χ2v) is 9.30. The van der Waals surface area contributed by atoms with E-state index >= 15 is 0 Å². The number of hydrogen-bond donors (Lipinski definition) is 0. The molecular formula is C28H21ClN2O4. The molecule has 3 heterocycles. The van der Waals surface area contributed by atoms with Gasteiger partial charge >= 0.3 is 0 Å². The number of anilines is 1. The van der Waals surface area contributed by atoms with Crippen LogP contribution in [0.3, 0.4) is 0 Å². The lowest BCUT2D eigenvalue weighted by Crippen LogP contribution is -2.44. The third-order valence-corrected chi connectivity index (χ3v) is 7.52. The topological polar surface area (TPSA) is 66.9 Å². The first kappa shape index (κ1) is 21.6. The molecule has 0 spiro atoms. The third-order valence-electron chi connectivity index (χ3n) is 7.20. The van der Waals surface area contributed by atoms with E-state index in [4.69, 9.17) is 16.3 Å². The zero-order valence-corrected chi connectivity index (χ0v) is 19.6. The molecule has 3 aliphatic heterocycles. The Morgan fingerprint density at radius 3 is 2.31 bits per heavy atom. The van der Waals surface area contributed by atoms with Crippen molar-refractivity contribution in [3.05, 3.63) is 101 Å². The summed E-state index contributed by atoms with van der Waals surface area (Å²) in [6, 6.07) is 20.1. The van der Waals surface area contributed by atoms with Gasteiger partial charge in [0.1, 0.15) is 11.8 Å². The Hall–Kier alpha value is -3.90. The number of rotatable bonds is 4. The number of ketones is 1. The summed E-state index contributed by atoms with van der Waals surface area (Å²) >= 11 is 6.39. The molecule has 6 nitrogen and oxygen atoms in total. The average molecular weight is 485 g/mol. The van der Waals surface area contributed by atoms with E-state index in [-0.39, 0.29) is 11.7 Å². The Morgan fingerprint density at radius 1 is 0.886 bits per heavy atom. The van der Waals surface area contributed by atoms with Gasteiger partial charge in [-0.25, -0.2) is 4.90 Å². The van der Waals surface area contributed by atoms with Crippen LogP contribution in [0.15, 0.2) is 79.0 Å². The minimum atomic E-state index is -0.839. The van der Waals surface area contributed by atoms with Gasteiger partial charge in [0.05, 0.1) is 35.7 Å². The molecule has 0 aromatic heterocycles. The van der Waals surface area contributed by atoms with Crippen LogP contribution in [0.25, 0.3) is 6.08 Å². The molecule has 3 aliphatic rings. The van der Waals surface area contributed by atoms with Gasteiger partial charge in [-0.15, -0.1) is 0 Å². The smallest absolute Gasteiger partial charge is 0.240 e. The quantitative estimate of drug-likeness (QED) is 0.395. The zero-order chi connectivity index (χ0) is 24.3. The summed E-state index contributed by atoms with van der Waals surface area (Å²) in [6.07, 6.45) is 3.78. The molecule has 3 aromatic rings. The van der Waals surface area contributed by atoms with Gasteiger partial charge < -0.3 is 9.64 Å². The number of carbonyl (C=O) groups excluding carboxylic acids is 3. The minimum absolute atomic E-state index is 0.212. The van der Waals surface area contributed by atoms with Crippen molar-refractivity contribution in [1.29, 1.82) is 0 Å². The fourth-order valence-electron chi connectivity index (χ4n) is 5.65. The highest BCUT2D eigenvalue weighted by Crippen LogP contribution is 2.54. The standard InChI is InChI=1S/C28H21ClN2O4/c1-35-18-12-10-17(11-13-18)26(32)25-23-22(24-19-7-3-2-6-16(19)14-15-30(24)25)27(33)31(28(23)34)21-9-5-4-8-20(21)29/h2-15,22-25H,1H3. The monoisotopic (exact) mass is 484 g/mol. The van der Waals surface area contributed by atoms with E-state index in [0.29, 0.717) is 22.0 Å². The van der Waals surface area contributed by atoms with Gasteiger partial charge in [0.25, 0.3) is 0 Å². The summed E-state index contributed by atoms with van der Waals surface area (Å²) < 4.78 is 5.22. The molecule has 35 heavy (non-hydrogen) atoms. The Morgan fingerprint density at radius 2 is 1.57 bits per heavy atom. The minimum Gasteiger partial charge on any atom is -0.497 e. The number of carbonyl (C=O) groups is 3. The van der Waals surface area contributed by atoms with Crippen LogP contribution in [0.5, 0.6) is 5.75 Å². The van der Waals surface area contributed by atoms with Crippen molar-refractivity contribution in [3.63, 3.8) is 0 Å². The summed E-state index contributed by atoms with van der Waals surface area (Å²) in [5.41, 5.74) is 2.71. The predicted octanol–water partition coefficient (Wildman–Crippen LogP) is 4.75. The largest absolute Gasteiger partial charge is 0.497 e. The number of halogens is 1. The van der Waals surface area contributed by atoms with E-state index < -0.39 is 29.8 Å². The highest BCUT2D eigenvalue weighted by atomic mass is 35.5. The predicted molar refractivity (Wildman–Crippen MR) is 132 cm³/mol. The molecule has 2 fully saturated rings. The summed E-state index contributed by atoms with van der Waals surface area (Å²) in [6.45, 7) is 0. The highest BCUT2D eigenvalue weighted by Gasteiger charge is 2.64. The van der Waals surface area contributed by atoms with Crippen LogP contribution in [0.2, 0.25) is 5.02 Å². The van der Waals surface area contributed by atoms with E-state index in [1.165, 1.54) is 4.90 Å². The second kappa shape index (κ2) is 8.10. The number of benzene rings is 3. The van der Waals surface area contributed by atoms with Gasteiger partial charge in [0.15, 0.2) is 5.78 Å². The summed E-state index contributed by atoms with van der Waals surface area (Å²) in [4.78, 5) is 44.7. The first-order valence-electron chi connectivity index (χ1n) is 11.4. The maximum absolute atomic E-state index is 13.9. The number of hydrogen-bond acceptors (Lipinski definition) is 5. The fraction of sp³-hybridized carbons (Fsp3) is 0.179. The highest BCUT2D eigenvalue weighted by molar-refractivity contribution is 6.36. The maximum Gasteiger partial charge on any atom is 0.240 e. The average Bonchev–Trinajstić information content (AvgIpc) is 3.36. The van der Waals surface area contributed by atoms with E-state index in [0.717, 1.165) is 11.1 Å². The molecule has 0 bridgehead atoms. The lowest BCUT2D eigenvalue weighted by atomic mass is 9.83. The van der Waals surface area contributed by atoms with Crippen LogP contribution < -0.4 is 9.64 Å². The third kappa shape index (κ3) is 3.13. The van der Waals surface area contributed by atoms with E-state index in [9.17, 15) is 14.4 Å². The maximum atomic E-state index is 13.9. The van der Waals surface area contributed by atoms with Gasteiger partial charge in [-0.2, -0.15) is 0 Å². The molecule has 4 unspecified atom stereocenters. The first-order valence-corrected chi connectivity index (χ1v) is 11.7. The van der Waals surface area contributed by atoms with Crippen LogP contribution in [-0.2, 0) is 9.59 Å². The number of nitrogens with zero attached hydrogens (tertiary/aromatic N) is 2. The second-order valence-electron chi connectivity index (χ2n) is 8.89. The molecule has 2 saturated heterocycles. The van der Waals surface area contributed by atoms with Gasteiger partial charge in [-0.05, 0) is 53.6 Å². The van der Waals surface area contributed by atoms with E-state index in [1.54, 1.807) is 55.6 Å². The number of ether oxygens (including phenoxy) is 1. The van der Waals surface area contributed by atoms with Gasteiger partial charge in [0, 0.05) is 11.8 Å². The first-order chi connectivity index (χ1) is 17.0. The summed E-state index contributed by atoms with van der Waals surface area (Å²) in [5.74, 6) is -1.87. The van der Waals surface area contributed by atoms with Crippen LogP contribution in [0, 0.1) is 11.8 Å². The van der Waals surface area contributed by atoms with Crippen molar-refractivity contribution >= 4 is 41.0 Å². The SMILES string of the molecule is COc1ccc(C(=O)C2C3C(=O)N(c4ccccc4Cl)C(=O)C3C3c4ccccc4C=CN23)cc1. The molecule has 7 heteroatoms. The molecule has 0 aliphatic carbocycles. The number of methoxy groups -OCH3 is 1. The summed E-state index contributed by atoms with van der Waals surface area (Å²) in [7, 11) is 1.56. The van der Waals surface area contributed by atoms with Crippen molar-refractivity contribution in [3.8, 4) is 5.75 Å². The number of fused-ring (bicyclic) bond motifs is 5. The van der Waals surface area contributed by atoms with E-state index in [1.807, 2.05) is 41.4 Å². The Kier molecular flexibility index (Phi) is 5.00. The van der Waals surface area contributed by atoms with Gasteiger partial charge in [-0.1, -0.05) is 48.0 Å². The molecule has 3 aromatic carbocycles. The number of amides is 2. The van der Waals surface area contributed by atoms with Crippen LogP contribution in [-0.4, -0.2) is 35.6 Å². The lowest BCUT2D eigenvalue weighted by Gasteiger charge is -2.35. The fourth-order valence-corrected chi connectivity index (χ4v) is 5.87. The Bertz CT molecular complexity index is 1400. The van der Waals surface area contributed by atoms with Crippen LogP contribution in [0.4, 0.5) is 5.69 Å². The Balaban J connectivity index is 1.49. The molecule has 6 rings (SSSR count). The van der Waals surface area contributed by atoms with Crippen molar-refractivity contribution in [2.75, 3.05) is 12.0 Å². The molecule has 174 valence electrons. The molecule has 2 amide bonds. The Labute approximate surface area is 207 Å². The molecule has 0 saturated carbocycles. The van der Waals surface area contributed by atoms with Gasteiger partial charge in [0.2, 0.25) is 11.8 Å². The molecular weight excluding hydrogens is 464 g/mol. The normalized spacial score (nSPS) is 24.3. The number of para-hydroxylation sites is 1. The van der Waals surface area contributed by atoms with E-state index in [2.05, 4.69) is 0 Å². The number of imide groups is 1. The van der Waals surface area contributed by atoms with Gasteiger partial charge in [-0.3, -0.25) is 14.4 Å². The van der Waals surface area contributed by atoms with Crippen molar-refractivity contribution in [2.45, 2.75) is 12.1 Å². The van der Waals surface area contributed by atoms with Crippen LogP contribution in [0.1, 0.15) is 27.5 Å². The molecule has 4 atom stereocenters. The molecule has 0 N–H and O–H groups in total. The zero-order valence-electron chi connectivity index (χ0n) is 18.8. The molecule has 0 radical (unpaired) electrons. The number of Topliss-reactive ketones (excluding diaryl/α,β-unsaturated/α-hetero) is 1. The summed E-state index contributed by atoms with van der Waals surface area (Å²) in [5, 5.41) is 0.313. The van der Waals surface area contributed by atoms with Crippen molar-refractivity contribution < 1.29 is 19.1 Å². The lowest BCUT2D eigenvalue weighted by molar-refractivity contribution is -0.123. The van der Waals surface area contributed by atoms with Crippen molar-refractivity contribution in [1.82, 2.24) is 4.90 Å². The van der Waals surface area contributed by atoms with Crippen molar-refractivity contribution in [2.24, 2.45) is 11.8 Å². The van der Waals surface area contributed by atoms with Crippen LogP contribution >= 0.6 is 11.6 Å².